The topological polar surface area (TPSA) is 104 Å². The molecule has 10 heteroatoms. The summed E-state index contributed by atoms with van der Waals surface area (Å²) in [6, 6.07) is 6.61. The maximum atomic E-state index is 12.0. The third-order valence-electron chi connectivity index (χ3n) is 3.95. The fourth-order valence-electron chi connectivity index (χ4n) is 2.87. The maximum absolute atomic E-state index is 12.0. The van der Waals surface area contributed by atoms with E-state index in [0.717, 1.165) is 0 Å². The van der Waals surface area contributed by atoms with E-state index in [0.29, 0.717) is 15.9 Å². The smallest absolute Gasteiger partial charge is 0.303 e. The molecule has 0 aliphatic carbocycles. The third kappa shape index (κ3) is 3.99. The van der Waals surface area contributed by atoms with Crippen LogP contribution in [0.15, 0.2) is 29.3 Å². The highest BCUT2D eigenvalue weighted by atomic mass is 35.5. The van der Waals surface area contributed by atoms with Crippen molar-refractivity contribution in [1.29, 1.82) is 0 Å². The van der Waals surface area contributed by atoms with Crippen molar-refractivity contribution < 1.29 is 23.1 Å². The van der Waals surface area contributed by atoms with Crippen LogP contribution in [0.25, 0.3) is 0 Å². The molecule has 1 N–H and O–H groups in total. The second kappa shape index (κ2) is 6.97. The maximum Gasteiger partial charge on any atom is 0.303 e. The predicted octanol–water partition coefficient (Wildman–Crippen LogP) is 1.81. The molecule has 1 amide bonds. The molecule has 7 nitrogen and oxygen atoms in total. The van der Waals surface area contributed by atoms with Gasteiger partial charge in [-0.1, -0.05) is 35.5 Å². The Bertz CT molecular complexity index is 855. The Hall–Kier alpha value is -1.58. The van der Waals surface area contributed by atoms with E-state index in [-0.39, 0.29) is 35.6 Å². The average molecular weight is 403 g/mol. The number of para-hydroxylation sites is 1. The minimum atomic E-state index is -3.16. The Morgan fingerprint density at radius 3 is 2.68 bits per heavy atom. The number of hydrogen-bond acceptors (Lipinski definition) is 5. The standard InChI is InChI=1S/C15H15ClN2O5S2/c16-9-3-1-2-4-10(9)18-11-7-25(22,23)8-12(11)24-15(18)17-13(19)5-6-14(20)21/h1-4,11-12H,5-8H2,(H,20,21)/t11-,12-/m0/s1. The van der Waals surface area contributed by atoms with Gasteiger partial charge in [0.2, 0.25) is 5.91 Å². The van der Waals surface area contributed by atoms with Gasteiger partial charge in [0.25, 0.3) is 0 Å². The number of carboxylic acids is 1. The van der Waals surface area contributed by atoms with Crippen molar-refractivity contribution in [3.63, 3.8) is 0 Å². The van der Waals surface area contributed by atoms with E-state index in [2.05, 4.69) is 4.99 Å². The number of carbonyl (C=O) groups is 2. The van der Waals surface area contributed by atoms with Gasteiger partial charge in [-0.25, -0.2) is 8.42 Å². The van der Waals surface area contributed by atoms with Gasteiger partial charge in [-0.3, -0.25) is 9.59 Å². The van der Waals surface area contributed by atoms with Crippen LogP contribution in [0, 0.1) is 0 Å². The molecule has 0 radical (unpaired) electrons. The Morgan fingerprint density at radius 2 is 2.00 bits per heavy atom. The van der Waals surface area contributed by atoms with Crippen LogP contribution >= 0.6 is 23.4 Å². The van der Waals surface area contributed by atoms with Gasteiger partial charge in [-0.15, -0.1) is 0 Å². The van der Waals surface area contributed by atoms with Crippen LogP contribution < -0.4 is 4.90 Å². The van der Waals surface area contributed by atoms with E-state index in [1.165, 1.54) is 11.8 Å². The lowest BCUT2D eigenvalue weighted by molar-refractivity contribution is -0.138. The number of carbonyl (C=O) groups excluding carboxylic acids is 1. The van der Waals surface area contributed by atoms with Crippen LogP contribution in [0.4, 0.5) is 5.69 Å². The van der Waals surface area contributed by atoms with Crippen molar-refractivity contribution in [2.24, 2.45) is 4.99 Å². The van der Waals surface area contributed by atoms with Gasteiger partial charge < -0.3 is 10.0 Å². The Morgan fingerprint density at radius 1 is 1.28 bits per heavy atom. The molecule has 134 valence electrons. The zero-order valence-electron chi connectivity index (χ0n) is 13.0. The van der Waals surface area contributed by atoms with E-state index >= 15 is 0 Å². The van der Waals surface area contributed by atoms with Crippen LogP contribution in [0.5, 0.6) is 0 Å². The van der Waals surface area contributed by atoms with Gasteiger partial charge >= 0.3 is 5.97 Å². The lowest BCUT2D eigenvalue weighted by Crippen LogP contribution is -2.37. The molecule has 2 aliphatic rings. The van der Waals surface area contributed by atoms with Crippen molar-refractivity contribution >= 4 is 55.9 Å². The number of hydrogen-bond donors (Lipinski definition) is 1. The third-order valence-corrected chi connectivity index (χ3v) is 7.48. The molecule has 2 saturated heterocycles. The normalized spacial score (nSPS) is 26.0. The number of rotatable bonds is 4. The molecule has 2 fully saturated rings. The van der Waals surface area contributed by atoms with Crippen molar-refractivity contribution in [2.75, 3.05) is 16.4 Å². The molecule has 0 saturated carbocycles. The van der Waals surface area contributed by atoms with Gasteiger partial charge in [-0.2, -0.15) is 4.99 Å². The van der Waals surface area contributed by atoms with Crippen LogP contribution in [0.2, 0.25) is 5.02 Å². The van der Waals surface area contributed by atoms with Crippen molar-refractivity contribution in [3.8, 4) is 0 Å². The summed E-state index contributed by atoms with van der Waals surface area (Å²) >= 11 is 7.48. The minimum absolute atomic E-state index is 0.0195. The molecule has 0 aromatic heterocycles. The van der Waals surface area contributed by atoms with Gasteiger partial charge in [0.1, 0.15) is 0 Å². The molecule has 1 aromatic carbocycles. The van der Waals surface area contributed by atoms with Crippen LogP contribution in [-0.4, -0.2) is 53.4 Å². The van der Waals surface area contributed by atoms with Gasteiger partial charge in [0, 0.05) is 11.7 Å². The van der Waals surface area contributed by atoms with E-state index in [1.807, 2.05) is 0 Å². The lowest BCUT2D eigenvalue weighted by atomic mass is 10.2. The first-order chi connectivity index (χ1) is 11.8. The molecule has 0 unspecified atom stereocenters. The number of thioether (sulfide) groups is 1. The Labute approximate surface area is 154 Å². The minimum Gasteiger partial charge on any atom is -0.481 e. The van der Waals surface area contributed by atoms with Crippen molar-refractivity contribution in [2.45, 2.75) is 24.1 Å². The summed E-state index contributed by atoms with van der Waals surface area (Å²) < 4.78 is 23.9. The number of fused-ring (bicyclic) bond motifs is 1. The van der Waals surface area contributed by atoms with Crippen LogP contribution in [0.3, 0.4) is 0 Å². The summed E-state index contributed by atoms with van der Waals surface area (Å²) in [6.45, 7) is 0. The second-order valence-corrected chi connectivity index (χ2v) is 9.57. The average Bonchev–Trinajstić information content (AvgIpc) is 2.97. The number of amides is 1. The zero-order chi connectivity index (χ0) is 18.2. The number of aliphatic carboxylic acids is 1. The Kier molecular flexibility index (Phi) is 5.08. The second-order valence-electron chi connectivity index (χ2n) is 5.80. The number of carboxylic acid groups (broad SMARTS) is 1. The van der Waals surface area contributed by atoms with E-state index in [1.54, 1.807) is 29.2 Å². The highest BCUT2D eigenvalue weighted by Gasteiger charge is 2.49. The molecule has 2 aliphatic heterocycles. The number of sulfone groups is 1. The SMILES string of the molecule is O=C(O)CCC(=O)N=C1S[C@H]2CS(=O)(=O)C[C@@H]2N1c1ccccc1Cl. The summed E-state index contributed by atoms with van der Waals surface area (Å²) in [5.41, 5.74) is 0.589. The largest absolute Gasteiger partial charge is 0.481 e. The summed E-state index contributed by atoms with van der Waals surface area (Å²) in [5.74, 6) is -1.63. The number of amidine groups is 1. The molecule has 0 spiro atoms. The number of anilines is 1. The first-order valence-corrected chi connectivity index (χ1v) is 10.6. The van der Waals surface area contributed by atoms with Crippen LogP contribution in [-0.2, 0) is 19.4 Å². The molecule has 3 rings (SSSR count). The van der Waals surface area contributed by atoms with Crippen molar-refractivity contribution in [1.82, 2.24) is 0 Å². The van der Waals surface area contributed by atoms with Gasteiger partial charge in [0.15, 0.2) is 15.0 Å². The summed E-state index contributed by atoms with van der Waals surface area (Å²) in [7, 11) is -3.16. The summed E-state index contributed by atoms with van der Waals surface area (Å²) in [6.07, 6.45) is -0.503. The highest BCUT2D eigenvalue weighted by molar-refractivity contribution is 8.16. The molecule has 0 bridgehead atoms. The molecule has 1 aromatic rings. The summed E-state index contributed by atoms with van der Waals surface area (Å²) in [4.78, 5) is 28.3. The van der Waals surface area contributed by atoms with Crippen LogP contribution in [0.1, 0.15) is 12.8 Å². The monoisotopic (exact) mass is 402 g/mol. The van der Waals surface area contributed by atoms with E-state index < -0.39 is 21.7 Å². The predicted molar refractivity (Wildman–Crippen MR) is 97.1 cm³/mol. The molecule has 2 heterocycles. The van der Waals surface area contributed by atoms with E-state index in [4.69, 9.17) is 16.7 Å². The molecule has 25 heavy (non-hydrogen) atoms. The molecule has 2 atom stereocenters. The molecular weight excluding hydrogens is 388 g/mol. The first kappa shape index (κ1) is 18.2. The quantitative estimate of drug-likeness (QED) is 0.818. The number of nitrogens with zero attached hydrogens (tertiary/aromatic N) is 2. The van der Waals surface area contributed by atoms with E-state index in [9.17, 15) is 18.0 Å². The van der Waals surface area contributed by atoms with Gasteiger partial charge in [-0.05, 0) is 12.1 Å². The number of halogens is 1. The fourth-order valence-corrected chi connectivity index (χ4v) is 7.02. The van der Waals surface area contributed by atoms with Gasteiger partial charge in [0.05, 0.1) is 34.7 Å². The zero-order valence-corrected chi connectivity index (χ0v) is 15.4. The summed E-state index contributed by atoms with van der Waals surface area (Å²) in [5, 5.41) is 9.25. The fraction of sp³-hybridized carbons (Fsp3) is 0.400. The Balaban J connectivity index is 1.94. The molecular formula is C15H15ClN2O5S2. The first-order valence-electron chi connectivity index (χ1n) is 7.51. The highest BCUT2D eigenvalue weighted by Crippen LogP contribution is 2.42. The number of benzene rings is 1. The van der Waals surface area contributed by atoms with Crippen molar-refractivity contribution in [3.05, 3.63) is 29.3 Å². The number of aliphatic imine (C=N–C) groups is 1. The lowest BCUT2D eigenvalue weighted by Gasteiger charge is -2.25.